The molecule has 1 fully saturated rings. The molecule has 4 rings (SSSR count). The van der Waals surface area contributed by atoms with Crippen LogP contribution >= 0.6 is 23.2 Å². The lowest BCUT2D eigenvalue weighted by Crippen LogP contribution is -2.50. The molecule has 0 radical (unpaired) electrons. The van der Waals surface area contributed by atoms with Gasteiger partial charge in [0.2, 0.25) is 11.8 Å². The van der Waals surface area contributed by atoms with Crippen molar-refractivity contribution in [1.29, 1.82) is 0 Å². The first-order valence-electron chi connectivity index (χ1n) is 12.2. The third-order valence-corrected chi connectivity index (χ3v) is 7.16. The topological polar surface area (TPSA) is 86.7 Å². The standard InChI is InChI=1S/C29H28Cl2N2O4/c30-23-12-13-25(31)24(17-23)21-10-8-20(9-11-21)15-26(29(36)37)32-28(35)22-7-4-14-33(18-22)27(34)16-19-5-2-1-3-6-19/h1-3,5-6,8-13,17,22,26H,4,7,14-16,18H2,(H,32,35)(H,36,37)/t22?,26-/m0/s1. The zero-order valence-electron chi connectivity index (χ0n) is 20.2. The van der Waals surface area contributed by atoms with Gasteiger partial charge in [-0.1, -0.05) is 77.8 Å². The van der Waals surface area contributed by atoms with Gasteiger partial charge in [0.25, 0.3) is 0 Å². The van der Waals surface area contributed by atoms with E-state index in [1.807, 2.05) is 54.6 Å². The molecule has 8 heteroatoms. The number of carbonyl (C=O) groups is 3. The van der Waals surface area contributed by atoms with Crippen molar-refractivity contribution in [1.82, 2.24) is 10.2 Å². The highest BCUT2D eigenvalue weighted by atomic mass is 35.5. The van der Waals surface area contributed by atoms with E-state index in [0.29, 0.717) is 36.0 Å². The molecule has 1 aliphatic heterocycles. The molecule has 0 spiro atoms. The molecule has 37 heavy (non-hydrogen) atoms. The Morgan fingerprint density at radius 1 is 0.973 bits per heavy atom. The zero-order chi connectivity index (χ0) is 26.4. The predicted molar refractivity (Wildman–Crippen MR) is 145 cm³/mol. The maximum atomic E-state index is 13.0. The smallest absolute Gasteiger partial charge is 0.326 e. The summed E-state index contributed by atoms with van der Waals surface area (Å²) in [5.74, 6) is -1.92. The van der Waals surface area contributed by atoms with Crippen LogP contribution in [0.25, 0.3) is 11.1 Å². The van der Waals surface area contributed by atoms with Crippen molar-refractivity contribution in [3.05, 3.63) is 94.0 Å². The van der Waals surface area contributed by atoms with E-state index in [4.69, 9.17) is 23.2 Å². The van der Waals surface area contributed by atoms with Crippen molar-refractivity contribution in [2.24, 2.45) is 5.92 Å². The summed E-state index contributed by atoms with van der Waals surface area (Å²) in [7, 11) is 0. The van der Waals surface area contributed by atoms with Crippen LogP contribution in [0.1, 0.15) is 24.0 Å². The molecule has 0 bridgehead atoms. The van der Waals surface area contributed by atoms with Crippen molar-refractivity contribution >= 4 is 41.0 Å². The number of piperidine rings is 1. The molecule has 0 aromatic heterocycles. The first kappa shape index (κ1) is 26.7. The van der Waals surface area contributed by atoms with Crippen LogP contribution in [-0.2, 0) is 27.2 Å². The van der Waals surface area contributed by atoms with E-state index in [0.717, 1.165) is 22.3 Å². The first-order valence-corrected chi connectivity index (χ1v) is 12.9. The number of rotatable bonds is 8. The lowest BCUT2D eigenvalue weighted by Gasteiger charge is -2.32. The third-order valence-electron chi connectivity index (χ3n) is 6.59. The van der Waals surface area contributed by atoms with E-state index in [9.17, 15) is 19.5 Å². The lowest BCUT2D eigenvalue weighted by atomic mass is 9.95. The average molecular weight is 539 g/mol. The number of likely N-dealkylation sites (tertiary alicyclic amines) is 1. The fraction of sp³-hybridized carbons (Fsp3) is 0.276. The minimum absolute atomic E-state index is 0.0293. The molecule has 2 atom stereocenters. The van der Waals surface area contributed by atoms with Crippen LogP contribution in [0.5, 0.6) is 0 Å². The van der Waals surface area contributed by atoms with Crippen molar-refractivity contribution in [2.45, 2.75) is 31.7 Å². The van der Waals surface area contributed by atoms with Gasteiger partial charge in [-0.3, -0.25) is 9.59 Å². The summed E-state index contributed by atoms with van der Waals surface area (Å²) in [4.78, 5) is 39.4. The van der Waals surface area contributed by atoms with E-state index >= 15 is 0 Å². The highest BCUT2D eigenvalue weighted by Crippen LogP contribution is 2.30. The van der Waals surface area contributed by atoms with Crippen molar-refractivity contribution in [3.63, 3.8) is 0 Å². The fourth-order valence-electron chi connectivity index (χ4n) is 4.56. The number of halogens is 2. The van der Waals surface area contributed by atoms with Gasteiger partial charge in [0.05, 0.1) is 12.3 Å². The van der Waals surface area contributed by atoms with Gasteiger partial charge in [0.15, 0.2) is 0 Å². The molecule has 1 saturated heterocycles. The van der Waals surface area contributed by atoms with Crippen LogP contribution < -0.4 is 5.32 Å². The monoisotopic (exact) mass is 538 g/mol. The van der Waals surface area contributed by atoms with Crippen LogP contribution in [0.15, 0.2) is 72.8 Å². The molecule has 1 unspecified atom stereocenters. The van der Waals surface area contributed by atoms with E-state index in [2.05, 4.69) is 5.32 Å². The Morgan fingerprint density at radius 3 is 2.41 bits per heavy atom. The molecule has 1 heterocycles. The van der Waals surface area contributed by atoms with Gasteiger partial charge in [0.1, 0.15) is 6.04 Å². The van der Waals surface area contributed by atoms with Gasteiger partial charge in [-0.25, -0.2) is 4.79 Å². The molecule has 3 aromatic carbocycles. The van der Waals surface area contributed by atoms with Crippen molar-refractivity contribution in [2.75, 3.05) is 13.1 Å². The number of carboxylic acid groups (broad SMARTS) is 1. The Hall–Kier alpha value is -3.35. The van der Waals surface area contributed by atoms with Crippen LogP contribution in [-0.4, -0.2) is 46.9 Å². The number of nitrogens with one attached hydrogen (secondary N) is 1. The van der Waals surface area contributed by atoms with Crippen LogP contribution in [0, 0.1) is 5.92 Å². The molecule has 1 aliphatic rings. The summed E-state index contributed by atoms with van der Waals surface area (Å²) in [5, 5.41) is 13.6. The quantitative estimate of drug-likeness (QED) is 0.409. The van der Waals surface area contributed by atoms with E-state index in [1.54, 1.807) is 23.1 Å². The Balaban J connectivity index is 1.37. The van der Waals surface area contributed by atoms with Crippen molar-refractivity contribution in [3.8, 4) is 11.1 Å². The minimum Gasteiger partial charge on any atom is -0.480 e. The highest BCUT2D eigenvalue weighted by molar-refractivity contribution is 6.35. The number of hydrogen-bond acceptors (Lipinski definition) is 3. The second kappa shape index (κ2) is 12.3. The van der Waals surface area contributed by atoms with Gasteiger partial charge in [-0.05, 0) is 47.7 Å². The summed E-state index contributed by atoms with van der Waals surface area (Å²) in [6, 6.07) is 21.0. The zero-order valence-corrected chi connectivity index (χ0v) is 21.7. The summed E-state index contributed by atoms with van der Waals surface area (Å²) in [5.41, 5.74) is 3.33. The normalized spacial score (nSPS) is 16.2. The van der Waals surface area contributed by atoms with Gasteiger partial charge < -0.3 is 15.3 Å². The highest BCUT2D eigenvalue weighted by Gasteiger charge is 2.31. The summed E-state index contributed by atoms with van der Waals surface area (Å²) < 4.78 is 0. The number of nitrogens with zero attached hydrogens (tertiary/aromatic N) is 1. The fourth-order valence-corrected chi connectivity index (χ4v) is 4.96. The van der Waals surface area contributed by atoms with E-state index < -0.39 is 17.9 Å². The Labute approximate surface area is 226 Å². The molecule has 2 N–H and O–H groups in total. The number of hydrogen-bond donors (Lipinski definition) is 2. The molecule has 2 amide bonds. The van der Waals surface area contributed by atoms with Gasteiger partial charge in [-0.2, -0.15) is 0 Å². The average Bonchev–Trinajstić information content (AvgIpc) is 2.90. The molecule has 3 aromatic rings. The number of carbonyl (C=O) groups excluding carboxylic acids is 2. The van der Waals surface area contributed by atoms with Crippen molar-refractivity contribution < 1.29 is 19.5 Å². The molecule has 0 saturated carbocycles. The summed E-state index contributed by atoms with van der Waals surface area (Å²) in [6.45, 7) is 0.889. The van der Waals surface area contributed by atoms with Crippen LogP contribution in [0.3, 0.4) is 0 Å². The van der Waals surface area contributed by atoms with Gasteiger partial charge in [0, 0.05) is 35.1 Å². The predicted octanol–water partition coefficient (Wildman–Crippen LogP) is 5.25. The number of carboxylic acids is 1. The minimum atomic E-state index is -1.11. The molecule has 192 valence electrons. The maximum absolute atomic E-state index is 13.0. The molecular formula is C29H28Cl2N2O4. The summed E-state index contributed by atoms with van der Waals surface area (Å²) in [6.07, 6.45) is 1.73. The van der Waals surface area contributed by atoms with Crippen LogP contribution in [0.2, 0.25) is 10.0 Å². The van der Waals surface area contributed by atoms with Gasteiger partial charge >= 0.3 is 5.97 Å². The number of amides is 2. The SMILES string of the molecule is O=C(N[C@@H](Cc1ccc(-c2cc(Cl)ccc2Cl)cc1)C(=O)O)C1CCCN(C(=O)Cc2ccccc2)C1. The number of benzene rings is 3. The second-order valence-electron chi connectivity index (χ2n) is 9.27. The maximum Gasteiger partial charge on any atom is 0.326 e. The first-order chi connectivity index (χ1) is 17.8. The third kappa shape index (κ3) is 7.12. The van der Waals surface area contributed by atoms with E-state index in [-0.39, 0.29) is 24.7 Å². The van der Waals surface area contributed by atoms with Gasteiger partial charge in [-0.15, -0.1) is 0 Å². The number of aliphatic carboxylic acids is 1. The second-order valence-corrected chi connectivity index (χ2v) is 10.1. The largest absolute Gasteiger partial charge is 0.480 e. The van der Waals surface area contributed by atoms with Crippen LogP contribution in [0.4, 0.5) is 0 Å². The summed E-state index contributed by atoms with van der Waals surface area (Å²) >= 11 is 12.4. The van der Waals surface area contributed by atoms with E-state index in [1.165, 1.54) is 0 Å². The Kier molecular flexibility index (Phi) is 8.85. The molecular weight excluding hydrogens is 511 g/mol. The Bertz CT molecular complexity index is 1260. The lowest BCUT2D eigenvalue weighted by molar-refractivity contribution is -0.143. The molecule has 0 aliphatic carbocycles. The molecule has 6 nitrogen and oxygen atoms in total. The Morgan fingerprint density at radius 2 is 1.70 bits per heavy atom.